The fourth-order valence-corrected chi connectivity index (χ4v) is 4.45. The third-order valence-corrected chi connectivity index (χ3v) is 6.14. The molecular formula is C17H10ClF2N5O3S2. The molecule has 13 heteroatoms. The second-order valence-electron chi connectivity index (χ2n) is 5.78. The number of anilines is 1. The average Bonchev–Trinajstić information content (AvgIpc) is 3.39. The molecular weight excluding hydrogens is 460 g/mol. The molecule has 0 saturated carbocycles. The van der Waals surface area contributed by atoms with Crippen molar-refractivity contribution >= 4 is 38.1 Å². The van der Waals surface area contributed by atoms with Crippen LogP contribution in [0.4, 0.5) is 13.9 Å². The lowest BCUT2D eigenvalue weighted by Crippen LogP contribution is -2.15. The van der Waals surface area contributed by atoms with Crippen molar-refractivity contribution in [3.8, 4) is 22.8 Å². The van der Waals surface area contributed by atoms with Crippen molar-refractivity contribution in [2.24, 2.45) is 0 Å². The lowest BCUT2D eigenvalue weighted by Gasteiger charge is -2.13. The van der Waals surface area contributed by atoms with Gasteiger partial charge in [0.2, 0.25) is 5.13 Å². The number of aromatic nitrogens is 4. The monoisotopic (exact) mass is 469 g/mol. The van der Waals surface area contributed by atoms with E-state index in [2.05, 4.69) is 20.4 Å². The molecule has 154 valence electrons. The Bertz CT molecular complexity index is 1300. The second-order valence-corrected chi connectivity index (χ2v) is 8.70. The molecule has 4 rings (SSSR count). The Morgan fingerprint density at radius 1 is 1.10 bits per heavy atom. The molecule has 0 radical (unpaired) electrons. The third kappa shape index (κ3) is 4.10. The van der Waals surface area contributed by atoms with E-state index in [0.29, 0.717) is 28.4 Å². The van der Waals surface area contributed by atoms with Crippen LogP contribution in [0.1, 0.15) is 0 Å². The predicted molar refractivity (Wildman–Crippen MR) is 106 cm³/mol. The van der Waals surface area contributed by atoms with Crippen LogP contribution < -0.4 is 9.46 Å². The van der Waals surface area contributed by atoms with Gasteiger partial charge in [-0.2, -0.15) is 5.10 Å². The van der Waals surface area contributed by atoms with Crippen LogP contribution in [-0.4, -0.2) is 28.8 Å². The van der Waals surface area contributed by atoms with Crippen molar-refractivity contribution in [3.63, 3.8) is 0 Å². The summed E-state index contributed by atoms with van der Waals surface area (Å²) in [6.07, 6.45) is 1.50. The molecule has 0 spiro atoms. The van der Waals surface area contributed by atoms with E-state index in [0.717, 1.165) is 11.3 Å². The van der Waals surface area contributed by atoms with Crippen LogP contribution in [0.25, 0.3) is 11.3 Å². The summed E-state index contributed by atoms with van der Waals surface area (Å²) >= 11 is 6.90. The number of rotatable bonds is 6. The Kier molecular flexibility index (Phi) is 5.37. The van der Waals surface area contributed by atoms with Crippen LogP contribution in [0.3, 0.4) is 0 Å². The zero-order valence-electron chi connectivity index (χ0n) is 14.6. The van der Waals surface area contributed by atoms with E-state index in [9.17, 15) is 17.2 Å². The summed E-state index contributed by atoms with van der Waals surface area (Å²) in [5.41, 5.74) is 2.28. The van der Waals surface area contributed by atoms with Crippen molar-refractivity contribution in [3.05, 3.63) is 64.8 Å². The molecule has 0 atom stereocenters. The second kappa shape index (κ2) is 7.97. The third-order valence-electron chi connectivity index (χ3n) is 3.81. The van der Waals surface area contributed by atoms with E-state index < -0.39 is 32.3 Å². The van der Waals surface area contributed by atoms with Crippen LogP contribution in [-0.2, 0) is 10.0 Å². The number of nitrogens with one attached hydrogen (secondary N) is 2. The van der Waals surface area contributed by atoms with Crippen LogP contribution in [0.5, 0.6) is 11.5 Å². The van der Waals surface area contributed by atoms with Gasteiger partial charge in [-0.3, -0.25) is 9.82 Å². The molecule has 8 nitrogen and oxygen atoms in total. The molecule has 2 N–H and O–H groups in total. The lowest BCUT2D eigenvalue weighted by molar-refractivity contribution is 0.433. The highest BCUT2D eigenvalue weighted by Gasteiger charge is 2.24. The van der Waals surface area contributed by atoms with Gasteiger partial charge in [0.15, 0.2) is 11.6 Å². The zero-order chi connectivity index (χ0) is 21.3. The van der Waals surface area contributed by atoms with Crippen molar-refractivity contribution in [1.29, 1.82) is 0 Å². The Morgan fingerprint density at radius 2 is 1.93 bits per heavy atom. The summed E-state index contributed by atoms with van der Waals surface area (Å²) in [5, 5.41) is 13.9. The number of halogens is 3. The molecule has 4 aromatic rings. The number of hydrogen-bond donors (Lipinski definition) is 2. The molecule has 2 aromatic carbocycles. The Morgan fingerprint density at radius 3 is 2.63 bits per heavy atom. The van der Waals surface area contributed by atoms with Crippen LogP contribution in [0, 0.1) is 11.6 Å². The van der Waals surface area contributed by atoms with Crippen LogP contribution >= 0.6 is 22.9 Å². The van der Waals surface area contributed by atoms with Crippen molar-refractivity contribution < 1.29 is 21.9 Å². The lowest BCUT2D eigenvalue weighted by atomic mass is 10.1. The Labute approximate surface area is 177 Å². The minimum Gasteiger partial charge on any atom is -0.453 e. The highest BCUT2D eigenvalue weighted by molar-refractivity contribution is 7.93. The molecule has 0 saturated heterocycles. The highest BCUT2D eigenvalue weighted by Crippen LogP contribution is 2.36. The maximum absolute atomic E-state index is 14.6. The van der Waals surface area contributed by atoms with Gasteiger partial charge in [-0.15, -0.1) is 10.2 Å². The molecule has 0 fully saturated rings. The maximum atomic E-state index is 14.6. The van der Waals surface area contributed by atoms with Gasteiger partial charge in [0.1, 0.15) is 22.0 Å². The van der Waals surface area contributed by atoms with Crippen molar-refractivity contribution in [2.75, 3.05) is 4.72 Å². The summed E-state index contributed by atoms with van der Waals surface area (Å²) in [6, 6.07) is 7.36. The van der Waals surface area contributed by atoms with E-state index >= 15 is 0 Å². The van der Waals surface area contributed by atoms with Gasteiger partial charge < -0.3 is 4.74 Å². The molecule has 2 heterocycles. The average molecular weight is 470 g/mol. The highest BCUT2D eigenvalue weighted by atomic mass is 35.5. The van der Waals surface area contributed by atoms with Gasteiger partial charge in [-0.25, -0.2) is 17.2 Å². The van der Waals surface area contributed by atoms with Crippen molar-refractivity contribution in [2.45, 2.75) is 4.90 Å². The van der Waals surface area contributed by atoms with Gasteiger partial charge >= 0.3 is 0 Å². The number of benzene rings is 2. The SMILES string of the molecule is O=S(=O)(Nc1nncs1)c1cc(F)c(Oc2ccc(Cl)cc2-c2ccn[nH]2)cc1F. The van der Waals surface area contributed by atoms with Gasteiger partial charge in [0.25, 0.3) is 10.0 Å². The van der Waals surface area contributed by atoms with E-state index in [-0.39, 0.29) is 10.9 Å². The first-order valence-electron chi connectivity index (χ1n) is 8.08. The number of aromatic amines is 1. The Balaban J connectivity index is 1.69. The summed E-state index contributed by atoms with van der Waals surface area (Å²) in [5.74, 6) is -2.64. The van der Waals surface area contributed by atoms with Gasteiger partial charge in [0, 0.05) is 28.9 Å². The first-order valence-corrected chi connectivity index (χ1v) is 10.8. The first-order chi connectivity index (χ1) is 14.3. The van der Waals surface area contributed by atoms with Crippen LogP contribution in [0.2, 0.25) is 5.02 Å². The number of nitrogens with zero attached hydrogens (tertiary/aromatic N) is 3. The topological polar surface area (TPSA) is 110 Å². The van der Waals surface area contributed by atoms with Gasteiger partial charge in [-0.1, -0.05) is 22.9 Å². The number of ether oxygens (including phenoxy) is 1. The standard InChI is InChI=1S/C17H10ClF2N5O3S2/c18-9-1-2-14(10(5-9)13-3-4-21-23-13)28-15-6-12(20)16(7-11(15)19)30(26,27)25-17-24-22-8-29-17/h1-8H,(H,21,23)(H,24,25). The predicted octanol–water partition coefficient (Wildman–Crippen LogP) is 4.45. The van der Waals surface area contributed by atoms with E-state index in [1.54, 1.807) is 12.1 Å². The summed E-state index contributed by atoms with van der Waals surface area (Å²) in [7, 11) is -4.42. The van der Waals surface area contributed by atoms with E-state index in [1.165, 1.54) is 23.8 Å². The Hall–Kier alpha value is -3.09. The molecule has 0 aliphatic carbocycles. The first kappa shape index (κ1) is 20.2. The fraction of sp³-hybridized carbons (Fsp3) is 0. The molecule has 0 aliphatic rings. The molecule has 0 amide bonds. The van der Waals surface area contributed by atoms with Crippen molar-refractivity contribution in [1.82, 2.24) is 20.4 Å². The number of sulfonamides is 1. The van der Waals surface area contributed by atoms with Gasteiger partial charge in [-0.05, 0) is 24.3 Å². The van der Waals surface area contributed by atoms with E-state index in [4.69, 9.17) is 16.3 Å². The van der Waals surface area contributed by atoms with Gasteiger partial charge in [0.05, 0.1) is 5.69 Å². The largest absolute Gasteiger partial charge is 0.453 e. The summed E-state index contributed by atoms with van der Waals surface area (Å²) in [4.78, 5) is -0.896. The maximum Gasteiger partial charge on any atom is 0.266 e. The fourth-order valence-electron chi connectivity index (χ4n) is 2.51. The molecule has 0 unspecified atom stereocenters. The molecule has 2 aromatic heterocycles. The zero-order valence-corrected chi connectivity index (χ0v) is 17.0. The summed E-state index contributed by atoms with van der Waals surface area (Å²) < 4.78 is 61.4. The molecule has 30 heavy (non-hydrogen) atoms. The minimum atomic E-state index is -4.42. The normalized spacial score (nSPS) is 11.4. The van der Waals surface area contributed by atoms with Crippen LogP contribution in [0.15, 0.2) is 53.0 Å². The smallest absolute Gasteiger partial charge is 0.266 e. The van der Waals surface area contributed by atoms with E-state index in [1.807, 2.05) is 4.72 Å². The summed E-state index contributed by atoms with van der Waals surface area (Å²) in [6.45, 7) is 0. The number of H-pyrrole nitrogens is 1. The molecule has 0 aliphatic heterocycles. The quantitative estimate of drug-likeness (QED) is 0.431. The number of hydrogen-bond acceptors (Lipinski definition) is 7. The molecule has 0 bridgehead atoms. The minimum absolute atomic E-state index is 0.0829.